The Morgan fingerprint density at radius 1 is 1.05 bits per heavy atom. The van der Waals surface area contributed by atoms with E-state index in [2.05, 4.69) is 40.9 Å². The summed E-state index contributed by atoms with van der Waals surface area (Å²) in [5, 5.41) is 8.38. The van der Waals surface area contributed by atoms with Crippen molar-refractivity contribution in [3.63, 3.8) is 0 Å². The molecule has 0 unspecified atom stereocenters. The van der Waals surface area contributed by atoms with E-state index in [4.69, 9.17) is 0 Å². The summed E-state index contributed by atoms with van der Waals surface area (Å²) in [5.74, 6) is 7.51. The van der Waals surface area contributed by atoms with Gasteiger partial charge < -0.3 is 0 Å². The zero-order valence-electron chi connectivity index (χ0n) is 12.3. The highest BCUT2D eigenvalue weighted by molar-refractivity contribution is 5.46. The third kappa shape index (κ3) is 2.77. The molecular weight excluding hydrogens is 260 g/mol. The van der Waals surface area contributed by atoms with Crippen LogP contribution in [0.2, 0.25) is 0 Å². The molecule has 3 rings (SSSR count). The molecule has 0 aliphatic heterocycles. The number of aromatic nitrogens is 4. The number of rotatable bonds is 1. The third-order valence-electron chi connectivity index (χ3n) is 3.17. The van der Waals surface area contributed by atoms with Crippen LogP contribution in [0.3, 0.4) is 0 Å². The average Bonchev–Trinajstić information content (AvgIpc) is 2.88. The lowest BCUT2D eigenvalue weighted by Gasteiger charge is -2.02. The molecule has 0 amide bonds. The molecule has 0 fully saturated rings. The highest BCUT2D eigenvalue weighted by Crippen LogP contribution is 2.14. The fourth-order valence-corrected chi connectivity index (χ4v) is 2.12. The minimum Gasteiger partial charge on any atom is -0.285 e. The van der Waals surface area contributed by atoms with Gasteiger partial charge in [0.2, 0.25) is 0 Å². The fourth-order valence-electron chi connectivity index (χ4n) is 2.12. The number of hydrogen-bond donors (Lipinski definition) is 0. The van der Waals surface area contributed by atoms with Crippen molar-refractivity contribution in [1.29, 1.82) is 0 Å². The maximum absolute atomic E-state index is 4.38. The SMILES string of the molecule is Cc1cccc(C#Cc2ccc3nnc(C(C)C)n3c2)n1. The second-order valence-corrected chi connectivity index (χ2v) is 5.27. The van der Waals surface area contributed by atoms with Gasteiger partial charge >= 0.3 is 0 Å². The summed E-state index contributed by atoms with van der Waals surface area (Å²) in [4.78, 5) is 4.38. The maximum atomic E-state index is 4.38. The van der Waals surface area contributed by atoms with Gasteiger partial charge in [-0.3, -0.25) is 4.40 Å². The topological polar surface area (TPSA) is 43.1 Å². The monoisotopic (exact) mass is 276 g/mol. The standard InChI is InChI=1S/C17H16N4/c1-12(2)17-20-19-16-10-8-14(11-21(16)17)7-9-15-6-4-5-13(3)18-15/h4-6,8,10-12H,1-3H3. The highest BCUT2D eigenvalue weighted by Gasteiger charge is 2.08. The molecule has 0 saturated carbocycles. The Balaban J connectivity index is 2.00. The van der Waals surface area contributed by atoms with Crippen molar-refractivity contribution >= 4 is 5.65 Å². The Morgan fingerprint density at radius 2 is 1.90 bits per heavy atom. The second kappa shape index (κ2) is 5.37. The second-order valence-electron chi connectivity index (χ2n) is 5.27. The summed E-state index contributed by atoms with van der Waals surface area (Å²) in [6, 6.07) is 9.73. The minimum atomic E-state index is 0.321. The summed E-state index contributed by atoms with van der Waals surface area (Å²) in [6.07, 6.45) is 1.98. The first kappa shape index (κ1) is 13.3. The molecule has 0 N–H and O–H groups in total. The summed E-state index contributed by atoms with van der Waals surface area (Å²) in [6.45, 7) is 6.17. The molecule has 104 valence electrons. The number of aryl methyl sites for hydroxylation is 1. The fraction of sp³-hybridized carbons (Fsp3) is 0.235. The molecule has 0 spiro atoms. The number of nitrogens with zero attached hydrogens (tertiary/aromatic N) is 4. The molecule has 0 aliphatic carbocycles. The quantitative estimate of drug-likeness (QED) is 0.642. The van der Waals surface area contributed by atoms with E-state index < -0.39 is 0 Å². The molecule has 0 bridgehead atoms. The molecule has 0 radical (unpaired) electrons. The zero-order chi connectivity index (χ0) is 14.8. The first-order chi connectivity index (χ1) is 10.1. The van der Waals surface area contributed by atoms with Crippen LogP contribution in [0.25, 0.3) is 5.65 Å². The van der Waals surface area contributed by atoms with Gasteiger partial charge in [0.1, 0.15) is 11.5 Å². The van der Waals surface area contributed by atoms with Crippen molar-refractivity contribution in [2.45, 2.75) is 26.7 Å². The first-order valence-electron chi connectivity index (χ1n) is 6.94. The number of hydrogen-bond acceptors (Lipinski definition) is 3. The van der Waals surface area contributed by atoms with Gasteiger partial charge in [-0.1, -0.05) is 25.8 Å². The Morgan fingerprint density at radius 3 is 2.67 bits per heavy atom. The van der Waals surface area contributed by atoms with E-state index in [0.717, 1.165) is 28.4 Å². The first-order valence-corrected chi connectivity index (χ1v) is 6.94. The molecular formula is C17H16N4. The zero-order valence-corrected chi connectivity index (χ0v) is 12.3. The molecule has 4 nitrogen and oxygen atoms in total. The van der Waals surface area contributed by atoms with Crippen LogP contribution in [0, 0.1) is 18.8 Å². The van der Waals surface area contributed by atoms with Crippen LogP contribution in [-0.2, 0) is 0 Å². The normalized spacial score (nSPS) is 10.7. The summed E-state index contributed by atoms with van der Waals surface area (Å²) >= 11 is 0. The van der Waals surface area contributed by atoms with Crippen molar-refractivity contribution in [3.8, 4) is 11.8 Å². The van der Waals surface area contributed by atoms with E-state index in [0.29, 0.717) is 5.92 Å². The largest absolute Gasteiger partial charge is 0.285 e. The van der Waals surface area contributed by atoms with E-state index in [-0.39, 0.29) is 0 Å². The van der Waals surface area contributed by atoms with Crippen LogP contribution in [-0.4, -0.2) is 19.6 Å². The average molecular weight is 276 g/mol. The van der Waals surface area contributed by atoms with Gasteiger partial charge in [0.05, 0.1) is 0 Å². The molecule has 0 aromatic carbocycles. The van der Waals surface area contributed by atoms with Gasteiger partial charge in [-0.15, -0.1) is 10.2 Å². The predicted octanol–water partition coefficient (Wildman–Crippen LogP) is 2.96. The summed E-state index contributed by atoms with van der Waals surface area (Å²) < 4.78 is 2.00. The molecule has 21 heavy (non-hydrogen) atoms. The van der Waals surface area contributed by atoms with E-state index in [1.165, 1.54) is 0 Å². The molecule has 0 saturated heterocycles. The van der Waals surface area contributed by atoms with Gasteiger partial charge in [-0.25, -0.2) is 4.98 Å². The Hall–Kier alpha value is -2.67. The molecule has 3 aromatic rings. The number of pyridine rings is 2. The lowest BCUT2D eigenvalue weighted by Crippen LogP contribution is -1.97. The van der Waals surface area contributed by atoms with E-state index in [9.17, 15) is 0 Å². The predicted molar refractivity (Wildman–Crippen MR) is 82.0 cm³/mol. The van der Waals surface area contributed by atoms with Crippen molar-refractivity contribution in [1.82, 2.24) is 19.6 Å². The molecule has 0 aliphatic rings. The van der Waals surface area contributed by atoms with E-state index >= 15 is 0 Å². The number of fused-ring (bicyclic) bond motifs is 1. The third-order valence-corrected chi connectivity index (χ3v) is 3.17. The molecule has 3 heterocycles. The van der Waals surface area contributed by atoms with Gasteiger partial charge in [0, 0.05) is 23.4 Å². The highest BCUT2D eigenvalue weighted by atomic mass is 15.2. The van der Waals surface area contributed by atoms with E-state index in [1.807, 2.05) is 47.9 Å². The van der Waals surface area contributed by atoms with Crippen LogP contribution in [0.1, 0.15) is 42.5 Å². The van der Waals surface area contributed by atoms with Gasteiger partial charge in [-0.2, -0.15) is 0 Å². The van der Waals surface area contributed by atoms with E-state index in [1.54, 1.807) is 0 Å². The molecule has 4 heteroatoms. The van der Waals surface area contributed by atoms with Crippen LogP contribution < -0.4 is 0 Å². The van der Waals surface area contributed by atoms with Crippen LogP contribution >= 0.6 is 0 Å². The molecule has 0 atom stereocenters. The Kier molecular flexibility index (Phi) is 3.41. The van der Waals surface area contributed by atoms with Crippen molar-refractivity contribution in [2.24, 2.45) is 0 Å². The summed E-state index contributed by atoms with van der Waals surface area (Å²) in [5.41, 5.74) is 3.52. The lowest BCUT2D eigenvalue weighted by atomic mass is 10.2. The van der Waals surface area contributed by atoms with Crippen LogP contribution in [0.15, 0.2) is 36.5 Å². The van der Waals surface area contributed by atoms with Crippen molar-refractivity contribution < 1.29 is 0 Å². The Labute approximate surface area is 123 Å². The van der Waals surface area contributed by atoms with Gasteiger partial charge in [0.25, 0.3) is 0 Å². The van der Waals surface area contributed by atoms with Gasteiger partial charge in [0.15, 0.2) is 5.65 Å². The van der Waals surface area contributed by atoms with Crippen LogP contribution in [0.4, 0.5) is 0 Å². The Bertz CT molecular complexity index is 850. The lowest BCUT2D eigenvalue weighted by molar-refractivity contribution is 0.759. The van der Waals surface area contributed by atoms with Gasteiger partial charge in [-0.05, 0) is 37.1 Å². The maximum Gasteiger partial charge on any atom is 0.160 e. The minimum absolute atomic E-state index is 0.321. The van der Waals surface area contributed by atoms with Crippen molar-refractivity contribution in [2.75, 3.05) is 0 Å². The van der Waals surface area contributed by atoms with Crippen molar-refractivity contribution in [3.05, 3.63) is 59.3 Å². The smallest absolute Gasteiger partial charge is 0.160 e. The molecule has 3 aromatic heterocycles. The summed E-state index contributed by atoms with van der Waals surface area (Å²) in [7, 11) is 0. The van der Waals surface area contributed by atoms with Crippen LogP contribution in [0.5, 0.6) is 0 Å².